The Morgan fingerprint density at radius 3 is 2.33 bits per heavy atom. The third-order valence-electron chi connectivity index (χ3n) is 4.08. The summed E-state index contributed by atoms with van der Waals surface area (Å²) in [5.41, 5.74) is 2.82. The third kappa shape index (κ3) is 6.03. The van der Waals surface area contributed by atoms with Gasteiger partial charge in [-0.05, 0) is 50.2 Å². The molecule has 3 rings (SSSR count). The van der Waals surface area contributed by atoms with E-state index in [4.69, 9.17) is 0 Å². The summed E-state index contributed by atoms with van der Waals surface area (Å²) in [7, 11) is 0. The highest BCUT2D eigenvalue weighted by atomic mass is 16.2. The van der Waals surface area contributed by atoms with E-state index in [9.17, 15) is 9.59 Å². The van der Waals surface area contributed by atoms with Crippen LogP contribution >= 0.6 is 0 Å². The van der Waals surface area contributed by atoms with Crippen molar-refractivity contribution in [2.24, 2.45) is 0 Å². The number of aromatic nitrogens is 2. The first-order valence-corrected chi connectivity index (χ1v) is 9.63. The molecule has 0 aliphatic heterocycles. The maximum Gasteiger partial charge on any atom is 0.251 e. The minimum atomic E-state index is -0.304. The van der Waals surface area contributed by atoms with E-state index in [1.54, 1.807) is 36.4 Å². The highest BCUT2D eigenvalue weighted by molar-refractivity contribution is 5.99. The summed E-state index contributed by atoms with van der Waals surface area (Å²) in [6.45, 7) is 4.52. The molecule has 1 heterocycles. The van der Waals surface area contributed by atoms with Crippen LogP contribution in [0, 0.1) is 6.92 Å². The van der Waals surface area contributed by atoms with Crippen molar-refractivity contribution in [1.82, 2.24) is 15.3 Å². The Morgan fingerprint density at radius 2 is 1.63 bits per heavy atom. The Morgan fingerprint density at radius 1 is 0.933 bits per heavy atom. The number of amides is 2. The maximum absolute atomic E-state index is 12.1. The quantitative estimate of drug-likeness (QED) is 0.459. The molecule has 0 saturated carbocycles. The van der Waals surface area contributed by atoms with Crippen LogP contribution in [0.3, 0.4) is 0 Å². The Hall–Kier alpha value is -3.94. The first-order chi connectivity index (χ1) is 14.5. The van der Waals surface area contributed by atoms with E-state index >= 15 is 0 Å². The largest absolute Gasteiger partial charge is 0.354 e. The normalized spacial score (nSPS) is 10.2. The molecule has 0 spiro atoms. The van der Waals surface area contributed by atoms with E-state index in [0.29, 0.717) is 23.0 Å². The van der Waals surface area contributed by atoms with E-state index in [2.05, 4.69) is 31.2 Å². The molecule has 30 heavy (non-hydrogen) atoms. The molecule has 1 aromatic heterocycles. The summed E-state index contributed by atoms with van der Waals surface area (Å²) in [4.78, 5) is 32.8. The minimum Gasteiger partial charge on any atom is -0.354 e. The molecule has 2 amide bonds. The van der Waals surface area contributed by atoms with Gasteiger partial charge in [0.2, 0.25) is 11.9 Å². The van der Waals surface area contributed by atoms with Gasteiger partial charge in [-0.15, -0.1) is 0 Å². The van der Waals surface area contributed by atoms with Crippen LogP contribution in [0.2, 0.25) is 0 Å². The molecular formula is C22H24N6O2. The van der Waals surface area contributed by atoms with Gasteiger partial charge in [0, 0.05) is 35.2 Å². The van der Waals surface area contributed by atoms with Gasteiger partial charge in [0.15, 0.2) is 0 Å². The molecule has 0 unspecified atom stereocenters. The van der Waals surface area contributed by atoms with Crippen molar-refractivity contribution in [2.45, 2.75) is 13.8 Å². The van der Waals surface area contributed by atoms with Crippen molar-refractivity contribution < 1.29 is 9.59 Å². The molecule has 8 heteroatoms. The zero-order valence-electron chi connectivity index (χ0n) is 16.9. The van der Waals surface area contributed by atoms with E-state index in [-0.39, 0.29) is 18.4 Å². The van der Waals surface area contributed by atoms with Crippen LogP contribution < -0.4 is 21.3 Å². The Labute approximate surface area is 175 Å². The van der Waals surface area contributed by atoms with Gasteiger partial charge >= 0.3 is 0 Å². The van der Waals surface area contributed by atoms with Crippen LogP contribution in [0.25, 0.3) is 0 Å². The standard InChI is InChI=1S/C22H24N6O2/c1-3-23-22-25-15(2)13-19(28-22)26-17-9-11-18(12-10-17)27-20(29)14-24-21(30)16-7-5-4-6-8-16/h4-13H,3,14H2,1-2H3,(H,24,30)(H,27,29)(H2,23,25,26,28). The molecule has 0 bridgehead atoms. The van der Waals surface area contributed by atoms with E-state index in [0.717, 1.165) is 17.9 Å². The SMILES string of the molecule is CCNc1nc(C)cc(Nc2ccc(NC(=O)CNC(=O)c3ccccc3)cc2)n1. The second-order valence-corrected chi connectivity index (χ2v) is 6.55. The third-order valence-corrected chi connectivity index (χ3v) is 4.08. The summed E-state index contributed by atoms with van der Waals surface area (Å²) in [6.07, 6.45) is 0. The smallest absolute Gasteiger partial charge is 0.251 e. The number of carbonyl (C=O) groups is 2. The molecule has 0 aliphatic carbocycles. The lowest BCUT2D eigenvalue weighted by Crippen LogP contribution is -2.32. The summed E-state index contributed by atoms with van der Waals surface area (Å²) in [5.74, 6) is 0.657. The summed E-state index contributed by atoms with van der Waals surface area (Å²) < 4.78 is 0. The zero-order valence-corrected chi connectivity index (χ0v) is 16.9. The Kier molecular flexibility index (Phi) is 6.94. The molecule has 154 valence electrons. The average Bonchev–Trinajstić information content (AvgIpc) is 2.74. The lowest BCUT2D eigenvalue weighted by atomic mass is 10.2. The van der Waals surface area contributed by atoms with Crippen molar-refractivity contribution in [1.29, 1.82) is 0 Å². The number of benzene rings is 2. The number of hydrogen-bond donors (Lipinski definition) is 4. The van der Waals surface area contributed by atoms with Crippen molar-refractivity contribution in [3.8, 4) is 0 Å². The van der Waals surface area contributed by atoms with Gasteiger partial charge in [0.05, 0.1) is 6.54 Å². The molecule has 4 N–H and O–H groups in total. The zero-order chi connectivity index (χ0) is 21.3. The van der Waals surface area contributed by atoms with Crippen LogP contribution in [-0.4, -0.2) is 34.9 Å². The lowest BCUT2D eigenvalue weighted by Gasteiger charge is -2.10. The molecule has 2 aromatic carbocycles. The number of rotatable bonds is 8. The fourth-order valence-electron chi connectivity index (χ4n) is 2.71. The maximum atomic E-state index is 12.1. The number of hydrogen-bond acceptors (Lipinski definition) is 6. The number of carbonyl (C=O) groups excluding carboxylic acids is 2. The van der Waals surface area contributed by atoms with Gasteiger partial charge < -0.3 is 21.3 Å². The second kappa shape index (κ2) is 10.0. The fraction of sp³-hybridized carbons (Fsp3) is 0.182. The molecule has 3 aromatic rings. The van der Waals surface area contributed by atoms with Crippen molar-refractivity contribution in [3.63, 3.8) is 0 Å². The Balaban J connectivity index is 1.53. The molecule has 0 saturated heterocycles. The highest BCUT2D eigenvalue weighted by Gasteiger charge is 2.08. The average molecular weight is 404 g/mol. The van der Waals surface area contributed by atoms with Gasteiger partial charge in [0.1, 0.15) is 5.82 Å². The van der Waals surface area contributed by atoms with Crippen molar-refractivity contribution in [2.75, 3.05) is 29.0 Å². The molecule has 0 radical (unpaired) electrons. The fourth-order valence-corrected chi connectivity index (χ4v) is 2.71. The molecule has 0 atom stereocenters. The summed E-state index contributed by atoms with van der Waals surface area (Å²) in [5, 5.41) is 11.7. The molecular weight excluding hydrogens is 380 g/mol. The van der Waals surface area contributed by atoms with Crippen molar-refractivity contribution >= 4 is 35.0 Å². The number of nitrogens with zero attached hydrogens (tertiary/aromatic N) is 2. The predicted molar refractivity (Wildman–Crippen MR) is 118 cm³/mol. The lowest BCUT2D eigenvalue weighted by molar-refractivity contribution is -0.115. The van der Waals surface area contributed by atoms with Gasteiger partial charge in [-0.2, -0.15) is 4.98 Å². The first kappa shape index (κ1) is 20.8. The first-order valence-electron chi connectivity index (χ1n) is 9.63. The monoisotopic (exact) mass is 404 g/mol. The minimum absolute atomic E-state index is 0.110. The van der Waals surface area contributed by atoms with Crippen LogP contribution in [0.4, 0.5) is 23.1 Å². The van der Waals surface area contributed by atoms with E-state index in [1.807, 2.05) is 38.1 Å². The summed E-state index contributed by atoms with van der Waals surface area (Å²) >= 11 is 0. The van der Waals surface area contributed by atoms with Gasteiger partial charge in [-0.25, -0.2) is 4.98 Å². The van der Waals surface area contributed by atoms with Crippen LogP contribution in [-0.2, 0) is 4.79 Å². The van der Waals surface area contributed by atoms with Crippen LogP contribution in [0.5, 0.6) is 0 Å². The van der Waals surface area contributed by atoms with E-state index < -0.39 is 0 Å². The molecule has 0 fully saturated rings. The highest BCUT2D eigenvalue weighted by Crippen LogP contribution is 2.19. The van der Waals surface area contributed by atoms with Gasteiger partial charge in [-0.1, -0.05) is 18.2 Å². The molecule has 8 nitrogen and oxygen atoms in total. The van der Waals surface area contributed by atoms with Gasteiger partial charge in [0.25, 0.3) is 5.91 Å². The topological polar surface area (TPSA) is 108 Å². The molecule has 0 aliphatic rings. The second-order valence-electron chi connectivity index (χ2n) is 6.55. The van der Waals surface area contributed by atoms with Crippen LogP contribution in [0.15, 0.2) is 60.7 Å². The Bertz CT molecular complexity index is 1010. The van der Waals surface area contributed by atoms with Gasteiger partial charge in [-0.3, -0.25) is 9.59 Å². The summed E-state index contributed by atoms with van der Waals surface area (Å²) in [6, 6.07) is 17.8. The number of anilines is 4. The van der Waals surface area contributed by atoms with Crippen molar-refractivity contribution in [3.05, 3.63) is 71.9 Å². The number of nitrogens with one attached hydrogen (secondary N) is 4. The predicted octanol–water partition coefficient (Wildman–Crippen LogP) is 3.33. The van der Waals surface area contributed by atoms with Crippen LogP contribution in [0.1, 0.15) is 23.0 Å². The number of aryl methyl sites for hydroxylation is 1. The van der Waals surface area contributed by atoms with E-state index in [1.165, 1.54) is 0 Å².